The first kappa shape index (κ1) is 14.8. The molecule has 4 rings (SSSR count). The Labute approximate surface area is 139 Å². The predicted octanol–water partition coefficient (Wildman–Crippen LogP) is 4.16. The molecule has 3 aliphatic rings. The van der Waals surface area contributed by atoms with Crippen LogP contribution in [0.5, 0.6) is 0 Å². The van der Waals surface area contributed by atoms with Gasteiger partial charge in [-0.25, -0.2) is 0 Å². The first-order chi connectivity index (χ1) is 10.9. The number of nitrogens with zero attached hydrogens (tertiary/aromatic N) is 3. The van der Waals surface area contributed by atoms with Crippen LogP contribution in [-0.2, 0) is 5.41 Å². The molecule has 1 aliphatic carbocycles. The Morgan fingerprint density at radius 2 is 1.96 bits per heavy atom. The number of aliphatic imine (C=N–C) groups is 1. The molecule has 2 heterocycles. The van der Waals surface area contributed by atoms with Crippen LogP contribution in [0.3, 0.4) is 0 Å². The van der Waals surface area contributed by atoms with E-state index >= 15 is 0 Å². The second-order valence-electron chi connectivity index (χ2n) is 7.91. The third kappa shape index (κ3) is 1.53. The highest BCUT2D eigenvalue weighted by Gasteiger charge is 2.73. The maximum Gasteiger partial charge on any atom is 0.153 e. The van der Waals surface area contributed by atoms with E-state index in [4.69, 9.17) is 4.99 Å². The maximum atomic E-state index is 4.70. The van der Waals surface area contributed by atoms with E-state index < -0.39 is 0 Å². The smallest absolute Gasteiger partial charge is 0.153 e. The van der Waals surface area contributed by atoms with Crippen LogP contribution in [0.1, 0.15) is 46.6 Å². The summed E-state index contributed by atoms with van der Waals surface area (Å²) in [6.45, 7) is 11.6. The topological polar surface area (TPSA) is 18.8 Å². The standard InChI is InChI=1S/C20H27N3/c1-7-15-17(21-6)23-16-11-9-8-10-14(16)19(4)12-20(19,5)18(23)22(15)13(2)3/h7-11,13,18H,12H2,1-6H3. The molecule has 0 aromatic heterocycles. The van der Waals surface area contributed by atoms with E-state index in [1.165, 1.54) is 23.4 Å². The fourth-order valence-electron chi connectivity index (χ4n) is 5.13. The van der Waals surface area contributed by atoms with Gasteiger partial charge in [0.25, 0.3) is 0 Å². The summed E-state index contributed by atoms with van der Waals surface area (Å²) in [5, 5.41) is 0. The van der Waals surface area contributed by atoms with Gasteiger partial charge in [-0.15, -0.1) is 0 Å². The van der Waals surface area contributed by atoms with E-state index in [2.05, 4.69) is 74.8 Å². The third-order valence-corrected chi connectivity index (χ3v) is 6.47. The zero-order valence-electron chi connectivity index (χ0n) is 15.1. The summed E-state index contributed by atoms with van der Waals surface area (Å²) in [6.07, 6.45) is 3.84. The summed E-state index contributed by atoms with van der Waals surface area (Å²) >= 11 is 0. The zero-order valence-corrected chi connectivity index (χ0v) is 15.1. The van der Waals surface area contributed by atoms with E-state index in [-0.39, 0.29) is 10.8 Å². The van der Waals surface area contributed by atoms with Crippen molar-refractivity contribution < 1.29 is 0 Å². The minimum Gasteiger partial charge on any atom is -0.345 e. The van der Waals surface area contributed by atoms with Gasteiger partial charge in [0.1, 0.15) is 6.17 Å². The van der Waals surface area contributed by atoms with E-state index in [9.17, 15) is 0 Å². The van der Waals surface area contributed by atoms with Crippen molar-refractivity contribution in [3.05, 3.63) is 41.6 Å². The second kappa shape index (κ2) is 4.40. The molecule has 0 bridgehead atoms. The summed E-state index contributed by atoms with van der Waals surface area (Å²) < 4.78 is 0. The Kier molecular flexibility index (Phi) is 2.83. The number of fused-ring (bicyclic) bond motifs is 6. The number of rotatable bonds is 1. The van der Waals surface area contributed by atoms with Crippen LogP contribution in [0.15, 0.2) is 41.0 Å². The molecule has 1 saturated carbocycles. The monoisotopic (exact) mass is 309 g/mol. The van der Waals surface area contributed by atoms with Crippen molar-refractivity contribution in [2.45, 2.75) is 58.7 Å². The molecule has 0 amide bonds. The SMILES string of the molecule is CC=C1C(=NC)N2c3ccccc3C3(C)CC3(C)C2N1C(C)C. The van der Waals surface area contributed by atoms with Gasteiger partial charge in [0.2, 0.25) is 0 Å². The van der Waals surface area contributed by atoms with E-state index in [0.717, 1.165) is 5.84 Å². The van der Waals surface area contributed by atoms with Crippen LogP contribution in [0.4, 0.5) is 5.69 Å². The Morgan fingerprint density at radius 1 is 1.26 bits per heavy atom. The van der Waals surface area contributed by atoms with E-state index in [1.807, 2.05) is 7.05 Å². The van der Waals surface area contributed by atoms with E-state index in [1.54, 1.807) is 0 Å². The fourth-order valence-corrected chi connectivity index (χ4v) is 5.13. The maximum absolute atomic E-state index is 4.70. The normalized spacial score (nSPS) is 38.1. The van der Waals surface area contributed by atoms with Gasteiger partial charge in [-0.2, -0.15) is 0 Å². The van der Waals surface area contributed by atoms with Crippen LogP contribution in [0, 0.1) is 5.41 Å². The van der Waals surface area contributed by atoms with E-state index in [0.29, 0.717) is 12.2 Å². The number of hydrogen-bond acceptors (Lipinski definition) is 2. The van der Waals surface area contributed by atoms with Gasteiger partial charge in [0.15, 0.2) is 5.84 Å². The average molecular weight is 309 g/mol. The third-order valence-electron chi connectivity index (χ3n) is 6.47. The number of amidine groups is 1. The van der Waals surface area contributed by atoms with Gasteiger partial charge >= 0.3 is 0 Å². The van der Waals surface area contributed by atoms with Crippen molar-refractivity contribution in [3.63, 3.8) is 0 Å². The molecule has 1 aromatic carbocycles. The predicted molar refractivity (Wildman–Crippen MR) is 96.9 cm³/mol. The van der Waals surface area contributed by atoms with Crippen molar-refractivity contribution in [1.29, 1.82) is 0 Å². The van der Waals surface area contributed by atoms with Crippen molar-refractivity contribution in [3.8, 4) is 0 Å². The lowest BCUT2D eigenvalue weighted by Crippen LogP contribution is -2.52. The number of benzene rings is 1. The molecule has 3 heteroatoms. The Bertz CT molecular complexity index is 732. The van der Waals surface area contributed by atoms with Gasteiger partial charge in [-0.05, 0) is 38.8 Å². The molecule has 0 spiro atoms. The van der Waals surface area contributed by atoms with Gasteiger partial charge in [0, 0.05) is 29.6 Å². The molecule has 2 aliphatic heterocycles. The van der Waals surface area contributed by atoms with Crippen LogP contribution >= 0.6 is 0 Å². The quantitative estimate of drug-likeness (QED) is 0.776. The average Bonchev–Trinajstić information content (AvgIpc) is 2.96. The number of hydrogen-bond donors (Lipinski definition) is 0. The van der Waals surface area contributed by atoms with Crippen molar-refractivity contribution in [2.24, 2.45) is 10.4 Å². The molecule has 2 fully saturated rings. The van der Waals surface area contributed by atoms with Crippen LogP contribution < -0.4 is 4.90 Å². The second-order valence-corrected chi connectivity index (χ2v) is 7.91. The molecule has 23 heavy (non-hydrogen) atoms. The molecule has 0 radical (unpaired) electrons. The molecule has 3 atom stereocenters. The van der Waals surface area contributed by atoms with Gasteiger partial charge in [0.05, 0.1) is 5.70 Å². The highest BCUT2D eigenvalue weighted by atomic mass is 15.5. The number of para-hydroxylation sites is 1. The van der Waals surface area contributed by atoms with Crippen LogP contribution in [-0.4, -0.2) is 30.0 Å². The molecule has 3 unspecified atom stereocenters. The Morgan fingerprint density at radius 3 is 2.57 bits per heavy atom. The summed E-state index contributed by atoms with van der Waals surface area (Å²) in [6, 6.07) is 9.38. The summed E-state index contributed by atoms with van der Waals surface area (Å²) in [5.74, 6) is 1.12. The number of anilines is 1. The summed E-state index contributed by atoms with van der Waals surface area (Å²) in [5.41, 5.74) is 4.66. The van der Waals surface area contributed by atoms with Crippen molar-refractivity contribution in [2.75, 3.05) is 11.9 Å². The molecule has 122 valence electrons. The summed E-state index contributed by atoms with van der Waals surface area (Å²) in [4.78, 5) is 9.78. The van der Waals surface area contributed by atoms with Crippen LogP contribution in [0.25, 0.3) is 0 Å². The first-order valence-electron chi connectivity index (χ1n) is 8.71. The molecule has 1 aromatic rings. The van der Waals surface area contributed by atoms with Crippen molar-refractivity contribution >= 4 is 11.5 Å². The minimum atomic E-state index is 0.270. The van der Waals surface area contributed by atoms with Crippen LogP contribution in [0.2, 0.25) is 0 Å². The Hall–Kier alpha value is -1.77. The lowest BCUT2D eigenvalue weighted by Gasteiger charge is -2.45. The highest BCUT2D eigenvalue weighted by Crippen LogP contribution is 2.73. The van der Waals surface area contributed by atoms with Gasteiger partial charge in [-0.3, -0.25) is 4.99 Å². The first-order valence-corrected chi connectivity index (χ1v) is 8.71. The van der Waals surface area contributed by atoms with Gasteiger partial charge < -0.3 is 9.80 Å². The largest absolute Gasteiger partial charge is 0.345 e. The molecule has 0 N–H and O–H groups in total. The molecule has 3 nitrogen and oxygen atoms in total. The lowest BCUT2D eigenvalue weighted by atomic mass is 9.81. The molecule has 1 saturated heterocycles. The minimum absolute atomic E-state index is 0.270. The highest BCUT2D eigenvalue weighted by molar-refractivity contribution is 6.13. The zero-order chi connectivity index (χ0) is 16.6. The summed E-state index contributed by atoms with van der Waals surface area (Å²) in [7, 11) is 1.92. The number of allylic oxidation sites excluding steroid dienone is 1. The van der Waals surface area contributed by atoms with Crippen molar-refractivity contribution in [1.82, 2.24) is 4.90 Å². The molecular weight excluding hydrogens is 282 g/mol. The fraction of sp³-hybridized carbons (Fsp3) is 0.550. The lowest BCUT2D eigenvalue weighted by molar-refractivity contribution is 0.156. The molecular formula is C20H27N3. The Balaban J connectivity index is 2.01. The van der Waals surface area contributed by atoms with Gasteiger partial charge in [-0.1, -0.05) is 38.1 Å².